The van der Waals surface area contributed by atoms with Gasteiger partial charge in [0.1, 0.15) is 11.5 Å². The predicted octanol–water partition coefficient (Wildman–Crippen LogP) is 14.3. The molecule has 0 heterocycles. The van der Waals surface area contributed by atoms with Crippen molar-refractivity contribution < 1.29 is 14.4 Å². The first-order chi connectivity index (χ1) is 25.4. The zero-order valence-electron chi connectivity index (χ0n) is 30.9. The highest BCUT2D eigenvalue weighted by atomic mass is 79.9. The maximum atomic E-state index is 11.0. The molecule has 0 saturated heterocycles. The first-order valence-electron chi connectivity index (χ1n) is 19.0. The Balaban J connectivity index is 1.54. The number of nitro benzene ring substituents is 1. The van der Waals surface area contributed by atoms with Crippen molar-refractivity contribution in [2.45, 2.75) is 90.9 Å². The molecule has 0 aliphatic rings. The molecule has 0 fully saturated rings. The molecule has 5 nitrogen and oxygen atoms in total. The van der Waals surface area contributed by atoms with Crippen molar-refractivity contribution in [1.29, 1.82) is 0 Å². The van der Waals surface area contributed by atoms with Gasteiger partial charge in [-0.3, -0.25) is 10.1 Å². The van der Waals surface area contributed by atoms with Crippen molar-refractivity contribution in [3.05, 3.63) is 133 Å². The van der Waals surface area contributed by atoms with Crippen LogP contribution in [0.15, 0.2) is 89.4 Å². The van der Waals surface area contributed by atoms with Crippen LogP contribution >= 0.6 is 15.9 Å². The predicted molar refractivity (Wildman–Crippen MR) is 225 cm³/mol. The quantitative estimate of drug-likeness (QED) is 0.0327. The minimum absolute atomic E-state index is 0.0903. The molecule has 0 saturated carbocycles. The van der Waals surface area contributed by atoms with Gasteiger partial charge in [0.25, 0.3) is 5.69 Å². The molecule has 4 aromatic carbocycles. The lowest BCUT2D eigenvalue weighted by molar-refractivity contribution is -0.384. The number of hydrogen-bond donors (Lipinski definition) is 0. The van der Waals surface area contributed by atoms with Crippen LogP contribution < -0.4 is 9.47 Å². The summed E-state index contributed by atoms with van der Waals surface area (Å²) in [5, 5.41) is 11.0. The molecule has 0 aliphatic heterocycles. The maximum absolute atomic E-state index is 11.0. The summed E-state index contributed by atoms with van der Waals surface area (Å²) in [4.78, 5) is 10.6. The van der Waals surface area contributed by atoms with E-state index in [9.17, 15) is 10.1 Å². The van der Waals surface area contributed by atoms with E-state index in [1.807, 2.05) is 12.2 Å². The molecule has 274 valence electrons. The normalized spacial score (nSPS) is 11.6. The molecular formula is C46H54BrNO4. The van der Waals surface area contributed by atoms with Crippen molar-refractivity contribution in [1.82, 2.24) is 0 Å². The summed E-state index contributed by atoms with van der Waals surface area (Å²) in [6, 6.07) is 27.5. The third-order valence-corrected chi connectivity index (χ3v) is 9.47. The van der Waals surface area contributed by atoms with Gasteiger partial charge in [0.2, 0.25) is 0 Å². The molecule has 4 aromatic rings. The number of ether oxygens (including phenoxy) is 2. The molecule has 52 heavy (non-hydrogen) atoms. The van der Waals surface area contributed by atoms with Gasteiger partial charge >= 0.3 is 0 Å². The van der Waals surface area contributed by atoms with E-state index < -0.39 is 0 Å². The largest absolute Gasteiger partial charge is 0.493 e. The van der Waals surface area contributed by atoms with E-state index in [2.05, 4.69) is 115 Å². The first kappa shape index (κ1) is 40.4. The number of nitrogens with zero attached hydrogens (tertiary/aromatic N) is 1. The molecule has 6 heteroatoms. The molecular weight excluding hydrogens is 710 g/mol. The zero-order valence-corrected chi connectivity index (χ0v) is 32.5. The third-order valence-electron chi connectivity index (χ3n) is 8.94. The second-order valence-corrected chi connectivity index (χ2v) is 14.1. The van der Waals surface area contributed by atoms with E-state index in [0.717, 1.165) is 62.2 Å². The van der Waals surface area contributed by atoms with Gasteiger partial charge in [-0.1, -0.05) is 167 Å². The van der Waals surface area contributed by atoms with Crippen LogP contribution in [0.4, 0.5) is 5.69 Å². The lowest BCUT2D eigenvalue weighted by Crippen LogP contribution is -2.03. The molecule has 0 N–H and O–H groups in total. The Morgan fingerprint density at radius 3 is 1.27 bits per heavy atom. The Hall–Kier alpha value is -4.42. The molecule has 0 atom stereocenters. The highest BCUT2D eigenvalue weighted by Gasteiger charge is 2.11. The van der Waals surface area contributed by atoms with Crippen molar-refractivity contribution >= 4 is 58.1 Å². The van der Waals surface area contributed by atoms with E-state index in [0.29, 0.717) is 13.2 Å². The SMILES string of the molecule is CCCCCCCCOc1cc(/C=C/c2ccc(/C=C/c3ccc([N+](=O)[O-])cc3)cc2)c(OCCCCCCCC)cc1/C=C/c1ccc(Br)cc1. The second kappa shape index (κ2) is 23.2. The molecule has 0 amide bonds. The average Bonchev–Trinajstić information content (AvgIpc) is 3.16. The Kier molecular flexibility index (Phi) is 18.0. The van der Waals surface area contributed by atoms with Crippen molar-refractivity contribution in [2.75, 3.05) is 13.2 Å². The summed E-state index contributed by atoms with van der Waals surface area (Å²) in [6.45, 7) is 5.86. The van der Waals surface area contributed by atoms with E-state index in [4.69, 9.17) is 9.47 Å². The minimum atomic E-state index is -0.383. The molecule has 0 bridgehead atoms. The topological polar surface area (TPSA) is 61.6 Å². The summed E-state index contributed by atoms with van der Waals surface area (Å²) in [6.07, 6.45) is 27.0. The number of benzene rings is 4. The smallest absolute Gasteiger partial charge is 0.269 e. The van der Waals surface area contributed by atoms with Gasteiger partial charge in [0.15, 0.2) is 0 Å². The Labute approximate surface area is 319 Å². The van der Waals surface area contributed by atoms with Crippen LogP contribution in [0.1, 0.15) is 124 Å². The van der Waals surface area contributed by atoms with Crippen LogP contribution in [0.25, 0.3) is 36.5 Å². The van der Waals surface area contributed by atoms with Crippen molar-refractivity contribution in [2.24, 2.45) is 0 Å². The number of hydrogen-bond acceptors (Lipinski definition) is 4. The number of nitro groups is 1. The van der Waals surface area contributed by atoms with Crippen LogP contribution in [0.2, 0.25) is 0 Å². The van der Waals surface area contributed by atoms with Crippen LogP contribution in [0, 0.1) is 10.1 Å². The summed E-state index contributed by atoms with van der Waals surface area (Å²) in [5.41, 5.74) is 6.24. The van der Waals surface area contributed by atoms with Crippen molar-refractivity contribution in [3.63, 3.8) is 0 Å². The van der Waals surface area contributed by atoms with E-state index in [1.165, 1.54) is 76.3 Å². The highest BCUT2D eigenvalue weighted by molar-refractivity contribution is 9.10. The van der Waals surface area contributed by atoms with E-state index in [-0.39, 0.29) is 10.6 Å². The molecule has 0 aliphatic carbocycles. The number of non-ortho nitro benzene ring substituents is 1. The fourth-order valence-electron chi connectivity index (χ4n) is 5.79. The fraction of sp³-hybridized carbons (Fsp3) is 0.348. The van der Waals surface area contributed by atoms with Gasteiger partial charge in [-0.25, -0.2) is 0 Å². The molecule has 0 aromatic heterocycles. The van der Waals surface area contributed by atoms with E-state index in [1.54, 1.807) is 12.1 Å². The lowest BCUT2D eigenvalue weighted by atomic mass is 10.0. The molecule has 0 radical (unpaired) electrons. The number of halogens is 1. The molecule has 4 rings (SSSR count). The van der Waals surface area contributed by atoms with Crippen LogP contribution in [-0.2, 0) is 0 Å². The summed E-state index contributed by atoms with van der Waals surface area (Å²) >= 11 is 3.54. The standard InChI is InChI=1S/C46H54BrNO4/c1-3-5-7-9-11-13-33-51-45-36-42(28-22-40-23-29-43(47)30-24-40)46(52-34-14-12-10-8-6-4-2)35-41(45)27-21-38-18-15-37(16-19-38)17-20-39-25-31-44(32-26-39)48(49)50/h15-32,35-36H,3-14,33-34H2,1-2H3/b20-17+,27-21+,28-22+. The average molecular weight is 765 g/mol. The van der Waals surface area contributed by atoms with Gasteiger partial charge in [-0.05, 0) is 71.5 Å². The lowest BCUT2D eigenvalue weighted by Gasteiger charge is -2.15. The Bertz CT molecular complexity index is 1720. The number of unbranched alkanes of at least 4 members (excludes halogenated alkanes) is 10. The summed E-state index contributed by atoms with van der Waals surface area (Å²) in [5.74, 6) is 1.72. The number of rotatable bonds is 23. The Morgan fingerprint density at radius 2 is 0.865 bits per heavy atom. The molecule has 0 spiro atoms. The van der Waals surface area contributed by atoms with Crippen LogP contribution in [0.5, 0.6) is 11.5 Å². The fourth-order valence-corrected chi connectivity index (χ4v) is 6.06. The van der Waals surface area contributed by atoms with E-state index >= 15 is 0 Å². The minimum Gasteiger partial charge on any atom is -0.493 e. The monoisotopic (exact) mass is 763 g/mol. The maximum Gasteiger partial charge on any atom is 0.269 e. The second-order valence-electron chi connectivity index (χ2n) is 13.2. The summed E-state index contributed by atoms with van der Waals surface area (Å²) < 4.78 is 14.0. The highest BCUT2D eigenvalue weighted by Crippen LogP contribution is 2.33. The zero-order chi connectivity index (χ0) is 36.8. The third kappa shape index (κ3) is 14.7. The van der Waals surface area contributed by atoms with Gasteiger partial charge in [0, 0.05) is 27.7 Å². The van der Waals surface area contributed by atoms with Crippen LogP contribution in [-0.4, -0.2) is 18.1 Å². The molecule has 0 unspecified atom stereocenters. The van der Waals surface area contributed by atoms with Gasteiger partial charge in [-0.2, -0.15) is 0 Å². The van der Waals surface area contributed by atoms with Gasteiger partial charge in [-0.15, -0.1) is 0 Å². The first-order valence-corrected chi connectivity index (χ1v) is 19.8. The van der Waals surface area contributed by atoms with Crippen molar-refractivity contribution in [3.8, 4) is 11.5 Å². The summed E-state index contributed by atoms with van der Waals surface area (Å²) in [7, 11) is 0. The van der Waals surface area contributed by atoms with Gasteiger partial charge in [0.05, 0.1) is 18.1 Å². The van der Waals surface area contributed by atoms with Crippen LogP contribution in [0.3, 0.4) is 0 Å². The Morgan fingerprint density at radius 1 is 0.519 bits per heavy atom. The van der Waals surface area contributed by atoms with Gasteiger partial charge < -0.3 is 9.47 Å².